The Labute approximate surface area is 74.7 Å². The molecule has 0 spiro atoms. The van der Waals surface area contributed by atoms with Crippen LogP contribution in [-0.4, -0.2) is 18.4 Å². The molecule has 0 aromatic carbocycles. The van der Waals surface area contributed by atoms with Crippen molar-refractivity contribution in [2.24, 2.45) is 11.8 Å². The van der Waals surface area contributed by atoms with Crippen LogP contribution in [0.5, 0.6) is 0 Å². The Morgan fingerprint density at radius 1 is 1.67 bits per heavy atom. The molecule has 2 nitrogen and oxygen atoms in total. The van der Waals surface area contributed by atoms with Crippen molar-refractivity contribution in [3.63, 3.8) is 0 Å². The van der Waals surface area contributed by atoms with Gasteiger partial charge < -0.3 is 5.32 Å². The van der Waals surface area contributed by atoms with Gasteiger partial charge in [-0.15, -0.1) is 0 Å². The van der Waals surface area contributed by atoms with Crippen molar-refractivity contribution in [3.05, 3.63) is 0 Å². The first-order valence-electron chi connectivity index (χ1n) is 4.75. The number of carbonyl (C=O) groups excluding carboxylic acids is 1. The van der Waals surface area contributed by atoms with Gasteiger partial charge in [-0.1, -0.05) is 20.8 Å². The number of hydrogen-bond donors (Lipinski definition) is 1. The predicted molar refractivity (Wildman–Crippen MR) is 50.0 cm³/mol. The molecule has 70 valence electrons. The number of hydrogen-bond acceptors (Lipinski definition) is 2. The van der Waals surface area contributed by atoms with Gasteiger partial charge in [0, 0.05) is 5.92 Å². The van der Waals surface area contributed by atoms with Gasteiger partial charge in [-0.05, 0) is 25.8 Å². The van der Waals surface area contributed by atoms with Gasteiger partial charge in [0.1, 0.15) is 0 Å². The summed E-state index contributed by atoms with van der Waals surface area (Å²) in [6.45, 7) is 6.34. The van der Waals surface area contributed by atoms with Crippen molar-refractivity contribution in [2.75, 3.05) is 7.05 Å². The first kappa shape index (κ1) is 9.72. The first-order valence-corrected chi connectivity index (χ1v) is 4.75. The van der Waals surface area contributed by atoms with Crippen LogP contribution in [-0.2, 0) is 4.79 Å². The van der Waals surface area contributed by atoms with Crippen LogP contribution in [0.3, 0.4) is 0 Å². The Balaban J connectivity index is 2.61. The van der Waals surface area contributed by atoms with Crippen molar-refractivity contribution >= 4 is 5.78 Å². The summed E-state index contributed by atoms with van der Waals surface area (Å²) in [5, 5.41) is 3.18. The molecular formula is C10H19NO. The van der Waals surface area contributed by atoms with Crippen molar-refractivity contribution in [2.45, 2.75) is 39.2 Å². The van der Waals surface area contributed by atoms with Gasteiger partial charge >= 0.3 is 0 Å². The minimum absolute atomic E-state index is 0.173. The minimum atomic E-state index is -0.173. The zero-order chi connectivity index (χ0) is 9.35. The standard InChI is InChI=1S/C10H19NO/c1-7(2)5-10(11-4)6-8(3)9(10)12/h7-8,11H,5-6H2,1-4H3/t8-,10?/m1/s1. The molecule has 1 unspecified atom stereocenters. The van der Waals surface area contributed by atoms with E-state index in [1.54, 1.807) is 0 Å². The SMILES string of the molecule is CNC1(CC(C)C)C[C@@H](C)C1=O. The van der Waals surface area contributed by atoms with E-state index >= 15 is 0 Å². The van der Waals surface area contributed by atoms with Crippen LogP contribution in [0.25, 0.3) is 0 Å². The van der Waals surface area contributed by atoms with Crippen molar-refractivity contribution in [3.8, 4) is 0 Å². The molecule has 2 atom stereocenters. The molecule has 1 rings (SSSR count). The predicted octanol–water partition coefficient (Wildman–Crippen LogP) is 1.60. The van der Waals surface area contributed by atoms with Gasteiger partial charge in [0.15, 0.2) is 5.78 Å². The summed E-state index contributed by atoms with van der Waals surface area (Å²) in [4.78, 5) is 11.6. The van der Waals surface area contributed by atoms with Gasteiger partial charge in [-0.3, -0.25) is 4.79 Å². The lowest BCUT2D eigenvalue weighted by Gasteiger charge is -2.45. The fourth-order valence-electron chi connectivity index (χ4n) is 2.26. The molecule has 0 radical (unpaired) electrons. The van der Waals surface area contributed by atoms with E-state index < -0.39 is 0 Å². The second-order valence-corrected chi connectivity index (χ2v) is 4.40. The van der Waals surface area contributed by atoms with Crippen molar-refractivity contribution < 1.29 is 4.79 Å². The van der Waals surface area contributed by atoms with Gasteiger partial charge in [0.2, 0.25) is 0 Å². The molecule has 0 aromatic rings. The summed E-state index contributed by atoms with van der Waals surface area (Å²) in [5.41, 5.74) is -0.173. The normalized spacial score (nSPS) is 35.4. The highest BCUT2D eigenvalue weighted by Crippen LogP contribution is 2.37. The zero-order valence-electron chi connectivity index (χ0n) is 8.48. The highest BCUT2D eigenvalue weighted by molar-refractivity contribution is 5.96. The lowest BCUT2D eigenvalue weighted by molar-refractivity contribution is -0.140. The second kappa shape index (κ2) is 3.17. The fraction of sp³-hybridized carbons (Fsp3) is 0.900. The number of Topliss-reactive ketones (excluding diaryl/α,β-unsaturated/α-hetero) is 1. The van der Waals surface area contributed by atoms with Crippen LogP contribution in [0.15, 0.2) is 0 Å². The minimum Gasteiger partial charge on any atom is -0.308 e. The van der Waals surface area contributed by atoms with E-state index in [0.717, 1.165) is 12.8 Å². The molecule has 1 fully saturated rings. The quantitative estimate of drug-likeness (QED) is 0.695. The number of likely N-dealkylation sites (N-methyl/N-ethyl adjacent to an activating group) is 1. The topological polar surface area (TPSA) is 29.1 Å². The lowest BCUT2D eigenvalue weighted by atomic mass is 9.64. The molecule has 0 saturated heterocycles. The van der Waals surface area contributed by atoms with Gasteiger partial charge in [0.25, 0.3) is 0 Å². The van der Waals surface area contributed by atoms with Crippen LogP contribution in [0.1, 0.15) is 33.6 Å². The fourth-order valence-corrected chi connectivity index (χ4v) is 2.26. The molecule has 0 aromatic heterocycles. The Hall–Kier alpha value is -0.370. The zero-order valence-corrected chi connectivity index (χ0v) is 8.48. The summed E-state index contributed by atoms with van der Waals surface area (Å²) in [6.07, 6.45) is 1.99. The molecule has 1 N–H and O–H groups in total. The van der Waals surface area contributed by atoms with Crippen molar-refractivity contribution in [1.82, 2.24) is 5.32 Å². The van der Waals surface area contributed by atoms with Crippen LogP contribution in [0, 0.1) is 11.8 Å². The molecule has 0 aliphatic heterocycles. The number of carbonyl (C=O) groups is 1. The van der Waals surface area contributed by atoms with E-state index in [0.29, 0.717) is 11.7 Å². The smallest absolute Gasteiger partial charge is 0.155 e. The lowest BCUT2D eigenvalue weighted by Crippen LogP contribution is -2.62. The third-order valence-corrected chi connectivity index (χ3v) is 2.81. The van der Waals surface area contributed by atoms with Crippen molar-refractivity contribution in [1.29, 1.82) is 0 Å². The van der Waals surface area contributed by atoms with Gasteiger partial charge in [-0.2, -0.15) is 0 Å². The highest BCUT2D eigenvalue weighted by Gasteiger charge is 2.49. The van der Waals surface area contributed by atoms with Gasteiger partial charge in [-0.25, -0.2) is 0 Å². The van der Waals surface area contributed by atoms with E-state index in [9.17, 15) is 4.79 Å². The monoisotopic (exact) mass is 169 g/mol. The number of nitrogens with one attached hydrogen (secondary N) is 1. The van der Waals surface area contributed by atoms with E-state index in [1.807, 2.05) is 14.0 Å². The summed E-state index contributed by atoms with van der Waals surface area (Å²) in [5.74, 6) is 1.27. The van der Waals surface area contributed by atoms with E-state index in [2.05, 4.69) is 19.2 Å². The van der Waals surface area contributed by atoms with E-state index in [-0.39, 0.29) is 11.5 Å². The molecule has 12 heavy (non-hydrogen) atoms. The second-order valence-electron chi connectivity index (χ2n) is 4.40. The summed E-state index contributed by atoms with van der Waals surface area (Å²) < 4.78 is 0. The Morgan fingerprint density at radius 2 is 2.25 bits per heavy atom. The molecule has 1 aliphatic carbocycles. The third kappa shape index (κ3) is 1.40. The summed E-state index contributed by atoms with van der Waals surface area (Å²) in [6, 6.07) is 0. The van der Waals surface area contributed by atoms with Crippen LogP contribution >= 0.6 is 0 Å². The third-order valence-electron chi connectivity index (χ3n) is 2.81. The summed E-state index contributed by atoms with van der Waals surface area (Å²) >= 11 is 0. The molecule has 1 aliphatic rings. The highest BCUT2D eigenvalue weighted by atomic mass is 16.1. The Kier molecular flexibility index (Phi) is 2.57. The first-order chi connectivity index (χ1) is 5.52. The number of rotatable bonds is 3. The van der Waals surface area contributed by atoms with Gasteiger partial charge in [0.05, 0.1) is 5.54 Å². The molecular weight excluding hydrogens is 150 g/mol. The Bertz CT molecular complexity index is 188. The molecule has 0 heterocycles. The molecule has 0 bridgehead atoms. The average Bonchev–Trinajstić information content (AvgIpc) is 2.02. The largest absolute Gasteiger partial charge is 0.308 e. The maximum atomic E-state index is 11.6. The maximum absolute atomic E-state index is 11.6. The molecule has 0 amide bonds. The van der Waals surface area contributed by atoms with Crippen LogP contribution in [0.4, 0.5) is 0 Å². The molecule has 2 heteroatoms. The van der Waals surface area contributed by atoms with E-state index in [4.69, 9.17) is 0 Å². The summed E-state index contributed by atoms with van der Waals surface area (Å²) in [7, 11) is 1.90. The Morgan fingerprint density at radius 3 is 2.50 bits per heavy atom. The van der Waals surface area contributed by atoms with Crippen LogP contribution in [0.2, 0.25) is 0 Å². The average molecular weight is 169 g/mol. The van der Waals surface area contributed by atoms with Crippen LogP contribution < -0.4 is 5.32 Å². The number of ketones is 1. The van der Waals surface area contributed by atoms with E-state index in [1.165, 1.54) is 0 Å². The maximum Gasteiger partial charge on any atom is 0.155 e. The molecule has 1 saturated carbocycles.